The summed E-state index contributed by atoms with van der Waals surface area (Å²) in [6.45, 7) is 12.0. The zero-order valence-corrected chi connectivity index (χ0v) is 18.6. The number of aliphatic imine (C=N–C) groups is 1. The third-order valence-corrected chi connectivity index (χ3v) is 3.24. The van der Waals surface area contributed by atoms with Crippen LogP contribution in [-0.2, 0) is 22.6 Å². The number of hydrogen-bond acceptors (Lipinski definition) is 3. The second-order valence-corrected chi connectivity index (χ2v) is 6.69. The molecule has 0 heterocycles. The summed E-state index contributed by atoms with van der Waals surface area (Å²) in [4.78, 5) is 4.64. The van der Waals surface area contributed by atoms with Crippen molar-refractivity contribution in [3.05, 3.63) is 35.4 Å². The third kappa shape index (κ3) is 12.2. The molecule has 0 aromatic heterocycles. The Kier molecular flexibility index (Phi) is 12.9. The highest BCUT2D eigenvalue weighted by Gasteiger charge is 2.10. The first-order chi connectivity index (χ1) is 11.4. The number of nitrogens with one attached hydrogen (secondary N) is 2. The van der Waals surface area contributed by atoms with Crippen molar-refractivity contribution < 1.29 is 9.47 Å². The molecule has 0 unspecified atom stereocenters. The fraction of sp³-hybridized carbons (Fsp3) is 0.632. The van der Waals surface area contributed by atoms with Crippen molar-refractivity contribution in [2.24, 2.45) is 4.99 Å². The minimum Gasteiger partial charge on any atom is -0.385 e. The topological polar surface area (TPSA) is 54.9 Å². The molecule has 0 aliphatic carbocycles. The van der Waals surface area contributed by atoms with Crippen molar-refractivity contribution in [1.29, 1.82) is 0 Å². The van der Waals surface area contributed by atoms with Gasteiger partial charge in [0.1, 0.15) is 0 Å². The van der Waals surface area contributed by atoms with Crippen molar-refractivity contribution in [3.63, 3.8) is 0 Å². The molecule has 1 aromatic carbocycles. The Morgan fingerprint density at radius 2 is 1.88 bits per heavy atom. The molecule has 0 aliphatic heterocycles. The summed E-state index contributed by atoms with van der Waals surface area (Å²) in [6, 6.07) is 8.40. The van der Waals surface area contributed by atoms with Gasteiger partial charge >= 0.3 is 0 Å². The van der Waals surface area contributed by atoms with Crippen LogP contribution >= 0.6 is 24.0 Å². The molecule has 1 aromatic rings. The number of nitrogens with zero attached hydrogens (tertiary/aromatic N) is 1. The van der Waals surface area contributed by atoms with Gasteiger partial charge in [-0.2, -0.15) is 0 Å². The molecular weight excluding hydrogens is 429 g/mol. The van der Waals surface area contributed by atoms with Crippen LogP contribution < -0.4 is 10.6 Å². The molecular formula is C19H34IN3O2. The van der Waals surface area contributed by atoms with Crippen LogP contribution in [0.5, 0.6) is 0 Å². The first kappa shape index (κ1) is 24.1. The second kappa shape index (κ2) is 13.4. The summed E-state index contributed by atoms with van der Waals surface area (Å²) in [7, 11) is 1.72. The molecule has 0 saturated heterocycles. The van der Waals surface area contributed by atoms with Crippen LogP contribution in [0.25, 0.3) is 0 Å². The number of ether oxygens (including phenoxy) is 2. The first-order valence-electron chi connectivity index (χ1n) is 8.67. The molecule has 0 amide bonds. The minimum atomic E-state index is -0.126. The number of rotatable bonds is 9. The highest BCUT2D eigenvalue weighted by atomic mass is 127. The third-order valence-electron chi connectivity index (χ3n) is 3.24. The van der Waals surface area contributed by atoms with Crippen LogP contribution in [0.2, 0.25) is 0 Å². The fourth-order valence-corrected chi connectivity index (χ4v) is 2.05. The van der Waals surface area contributed by atoms with Gasteiger partial charge in [-0.05, 0) is 45.2 Å². The summed E-state index contributed by atoms with van der Waals surface area (Å²) < 4.78 is 10.9. The maximum absolute atomic E-state index is 5.84. The Bertz CT molecular complexity index is 502. The molecule has 5 nitrogen and oxygen atoms in total. The van der Waals surface area contributed by atoms with Crippen molar-refractivity contribution in [1.82, 2.24) is 10.6 Å². The van der Waals surface area contributed by atoms with E-state index in [4.69, 9.17) is 9.47 Å². The average Bonchev–Trinajstić information content (AvgIpc) is 2.54. The Labute approximate surface area is 170 Å². The maximum atomic E-state index is 5.84. The van der Waals surface area contributed by atoms with Gasteiger partial charge in [0.2, 0.25) is 0 Å². The van der Waals surface area contributed by atoms with E-state index in [1.165, 1.54) is 11.1 Å². The standard InChI is InChI=1S/C19H33N3O2.HI/c1-6-20-18(21-11-8-12-23-5)22-14-16-9-7-10-17(13-16)15-24-19(2,3)4;/h7,9-10,13H,6,8,11-12,14-15H2,1-5H3,(H2,20,21,22);1H. The van der Waals surface area contributed by atoms with Gasteiger partial charge in [-0.25, -0.2) is 4.99 Å². The van der Waals surface area contributed by atoms with Gasteiger partial charge in [0.15, 0.2) is 5.96 Å². The number of guanidine groups is 1. The van der Waals surface area contributed by atoms with E-state index < -0.39 is 0 Å². The van der Waals surface area contributed by atoms with Gasteiger partial charge < -0.3 is 20.1 Å². The van der Waals surface area contributed by atoms with E-state index >= 15 is 0 Å². The molecule has 0 atom stereocenters. The summed E-state index contributed by atoms with van der Waals surface area (Å²) >= 11 is 0. The molecule has 0 aliphatic rings. The largest absolute Gasteiger partial charge is 0.385 e. The second-order valence-electron chi connectivity index (χ2n) is 6.69. The van der Waals surface area contributed by atoms with Gasteiger partial charge in [-0.3, -0.25) is 0 Å². The predicted octanol–water partition coefficient (Wildman–Crippen LogP) is 3.71. The van der Waals surface area contributed by atoms with E-state index in [0.29, 0.717) is 13.2 Å². The van der Waals surface area contributed by atoms with Gasteiger partial charge in [0.25, 0.3) is 0 Å². The lowest BCUT2D eigenvalue weighted by Crippen LogP contribution is -2.38. The molecule has 2 N–H and O–H groups in total. The summed E-state index contributed by atoms with van der Waals surface area (Å²) in [5.74, 6) is 0.838. The Morgan fingerprint density at radius 3 is 2.52 bits per heavy atom. The Hall–Kier alpha value is -0.860. The van der Waals surface area contributed by atoms with E-state index in [1.807, 2.05) is 0 Å². The Morgan fingerprint density at radius 1 is 1.16 bits per heavy atom. The molecule has 0 saturated carbocycles. The lowest BCUT2D eigenvalue weighted by atomic mass is 10.1. The number of hydrogen-bond donors (Lipinski definition) is 2. The minimum absolute atomic E-state index is 0. The van der Waals surface area contributed by atoms with Crippen molar-refractivity contribution in [2.45, 2.75) is 52.9 Å². The van der Waals surface area contributed by atoms with Crippen molar-refractivity contribution in [2.75, 3.05) is 26.8 Å². The van der Waals surface area contributed by atoms with E-state index in [-0.39, 0.29) is 29.6 Å². The number of benzene rings is 1. The zero-order chi connectivity index (χ0) is 17.8. The number of methoxy groups -OCH3 is 1. The van der Waals surface area contributed by atoms with Crippen LogP contribution in [0.15, 0.2) is 29.3 Å². The lowest BCUT2D eigenvalue weighted by Gasteiger charge is -2.19. The SMILES string of the molecule is CCNC(=NCc1cccc(COC(C)(C)C)c1)NCCCOC.I. The monoisotopic (exact) mass is 463 g/mol. The van der Waals surface area contributed by atoms with Crippen LogP contribution in [0.4, 0.5) is 0 Å². The Balaban J connectivity index is 0.00000576. The van der Waals surface area contributed by atoms with Gasteiger partial charge in [0, 0.05) is 26.8 Å². The van der Waals surface area contributed by atoms with Gasteiger partial charge in [0.05, 0.1) is 18.8 Å². The molecule has 0 spiro atoms. The van der Waals surface area contributed by atoms with E-state index in [9.17, 15) is 0 Å². The predicted molar refractivity (Wildman–Crippen MR) is 116 cm³/mol. The van der Waals surface area contributed by atoms with E-state index in [2.05, 4.69) is 67.6 Å². The highest BCUT2D eigenvalue weighted by molar-refractivity contribution is 14.0. The molecule has 0 radical (unpaired) electrons. The van der Waals surface area contributed by atoms with Crippen LogP contribution in [0.3, 0.4) is 0 Å². The van der Waals surface area contributed by atoms with Crippen LogP contribution in [0, 0.1) is 0 Å². The van der Waals surface area contributed by atoms with Gasteiger partial charge in [-0.15, -0.1) is 24.0 Å². The smallest absolute Gasteiger partial charge is 0.191 e. The molecule has 0 bridgehead atoms. The first-order valence-corrected chi connectivity index (χ1v) is 8.67. The maximum Gasteiger partial charge on any atom is 0.191 e. The number of halogens is 1. The summed E-state index contributed by atoms with van der Waals surface area (Å²) in [5.41, 5.74) is 2.23. The van der Waals surface area contributed by atoms with E-state index in [0.717, 1.165) is 32.1 Å². The van der Waals surface area contributed by atoms with Crippen LogP contribution in [-0.4, -0.2) is 38.4 Å². The molecule has 1 rings (SSSR count). The zero-order valence-electron chi connectivity index (χ0n) is 16.2. The lowest BCUT2D eigenvalue weighted by molar-refractivity contribution is -0.0149. The quantitative estimate of drug-likeness (QED) is 0.254. The van der Waals surface area contributed by atoms with Crippen molar-refractivity contribution >= 4 is 29.9 Å². The highest BCUT2D eigenvalue weighted by Crippen LogP contribution is 2.13. The van der Waals surface area contributed by atoms with Crippen molar-refractivity contribution in [3.8, 4) is 0 Å². The van der Waals surface area contributed by atoms with Crippen LogP contribution in [0.1, 0.15) is 45.2 Å². The van der Waals surface area contributed by atoms with Gasteiger partial charge in [-0.1, -0.05) is 24.3 Å². The molecule has 0 fully saturated rings. The summed E-state index contributed by atoms with van der Waals surface area (Å²) in [5, 5.41) is 6.58. The molecule has 144 valence electrons. The average molecular weight is 463 g/mol. The molecule has 25 heavy (non-hydrogen) atoms. The molecule has 6 heteroatoms. The fourth-order valence-electron chi connectivity index (χ4n) is 2.05. The van der Waals surface area contributed by atoms with E-state index in [1.54, 1.807) is 7.11 Å². The normalized spacial score (nSPS) is 11.8. The summed E-state index contributed by atoms with van der Waals surface area (Å²) in [6.07, 6.45) is 0.959.